The number of aliphatic carboxylic acids is 1. The third kappa shape index (κ3) is 10.4. The molecule has 2 aromatic carbocycles. The number of benzene rings is 2. The molecular formula is C30H42N2O5. The summed E-state index contributed by atoms with van der Waals surface area (Å²) in [5, 5.41) is 12.3. The van der Waals surface area contributed by atoms with E-state index in [1.54, 1.807) is 6.92 Å². The van der Waals surface area contributed by atoms with E-state index in [1.165, 1.54) is 38.5 Å². The van der Waals surface area contributed by atoms with Crippen molar-refractivity contribution in [1.29, 1.82) is 0 Å². The summed E-state index contributed by atoms with van der Waals surface area (Å²) in [5.74, 6) is 0.524. The maximum Gasteiger partial charge on any atom is 0.333 e. The Morgan fingerprint density at radius 1 is 1.00 bits per heavy atom. The van der Waals surface area contributed by atoms with Crippen LogP contribution in [0.2, 0.25) is 0 Å². The summed E-state index contributed by atoms with van der Waals surface area (Å²) in [6.45, 7) is 4.24. The van der Waals surface area contributed by atoms with Crippen LogP contribution in [0.4, 0.5) is 4.79 Å². The molecule has 0 bridgehead atoms. The fourth-order valence-corrected chi connectivity index (χ4v) is 4.88. The Bertz CT molecular complexity index is 929. The minimum absolute atomic E-state index is 0.0675. The topological polar surface area (TPSA) is 88.1 Å². The lowest BCUT2D eigenvalue weighted by Crippen LogP contribution is -2.42. The number of amides is 2. The van der Waals surface area contributed by atoms with Crippen LogP contribution < -0.4 is 10.1 Å². The Labute approximate surface area is 221 Å². The molecule has 1 atom stereocenters. The van der Waals surface area contributed by atoms with E-state index in [0.29, 0.717) is 45.0 Å². The van der Waals surface area contributed by atoms with E-state index in [0.717, 1.165) is 23.5 Å². The number of ether oxygens (including phenoxy) is 2. The normalized spacial score (nSPS) is 14.6. The standard InChI is InChI=1S/C30H42N2O5/c1-2-36-28(29(33)34)22-25-15-17-27(18-16-25)37-21-20-32(19-9-14-24-10-5-3-6-11-24)30(35)31-23-26-12-7-4-8-13-26/h4,7-8,12-13,15-18,24,28H,2-3,5-6,9-11,14,19-23H2,1H3,(H,31,35)(H,33,34). The number of rotatable bonds is 15. The van der Waals surface area contributed by atoms with E-state index in [9.17, 15) is 14.7 Å². The van der Waals surface area contributed by atoms with Gasteiger partial charge in [0.25, 0.3) is 0 Å². The molecule has 1 unspecified atom stereocenters. The van der Waals surface area contributed by atoms with E-state index in [2.05, 4.69) is 5.32 Å². The summed E-state index contributed by atoms with van der Waals surface area (Å²) in [6.07, 6.45) is 8.28. The van der Waals surface area contributed by atoms with E-state index in [4.69, 9.17) is 9.47 Å². The quantitative estimate of drug-likeness (QED) is 0.322. The van der Waals surface area contributed by atoms with Gasteiger partial charge in [0.15, 0.2) is 6.10 Å². The number of carboxylic acid groups (broad SMARTS) is 1. The Morgan fingerprint density at radius 3 is 2.41 bits per heavy atom. The molecule has 0 aromatic heterocycles. The van der Waals surface area contributed by atoms with Crippen molar-refractivity contribution in [2.75, 3.05) is 26.3 Å². The Kier molecular flexibility index (Phi) is 12.3. The number of nitrogens with zero attached hydrogens (tertiary/aromatic N) is 1. The molecule has 0 saturated heterocycles. The van der Waals surface area contributed by atoms with Crippen LogP contribution in [0.25, 0.3) is 0 Å². The van der Waals surface area contributed by atoms with Gasteiger partial charge in [-0.3, -0.25) is 0 Å². The second kappa shape index (κ2) is 15.9. The van der Waals surface area contributed by atoms with Gasteiger partial charge in [0.05, 0.1) is 6.54 Å². The highest BCUT2D eigenvalue weighted by Gasteiger charge is 2.19. The Balaban J connectivity index is 1.49. The molecule has 7 nitrogen and oxygen atoms in total. The van der Waals surface area contributed by atoms with Crippen LogP contribution >= 0.6 is 0 Å². The van der Waals surface area contributed by atoms with Gasteiger partial charge in [0.1, 0.15) is 12.4 Å². The summed E-state index contributed by atoms with van der Waals surface area (Å²) in [5.41, 5.74) is 1.95. The van der Waals surface area contributed by atoms with Crippen LogP contribution in [0, 0.1) is 5.92 Å². The van der Waals surface area contributed by atoms with Gasteiger partial charge in [-0.15, -0.1) is 0 Å². The fourth-order valence-electron chi connectivity index (χ4n) is 4.88. The molecule has 1 fully saturated rings. The molecule has 2 N–H and O–H groups in total. The lowest BCUT2D eigenvalue weighted by atomic mass is 9.86. The number of hydrogen-bond acceptors (Lipinski definition) is 4. The maximum absolute atomic E-state index is 13.0. The molecule has 37 heavy (non-hydrogen) atoms. The lowest BCUT2D eigenvalue weighted by molar-refractivity contribution is -0.149. The lowest BCUT2D eigenvalue weighted by Gasteiger charge is -2.26. The molecule has 2 aromatic rings. The molecule has 0 heterocycles. The van der Waals surface area contributed by atoms with E-state index < -0.39 is 12.1 Å². The number of nitrogens with one attached hydrogen (secondary N) is 1. The van der Waals surface area contributed by atoms with Crippen molar-refractivity contribution in [2.45, 2.75) is 70.9 Å². The van der Waals surface area contributed by atoms with Gasteiger partial charge in [0.2, 0.25) is 0 Å². The first-order chi connectivity index (χ1) is 18.0. The SMILES string of the molecule is CCOC(Cc1ccc(OCCN(CCCC2CCCCC2)C(=O)NCc2ccccc2)cc1)C(=O)O. The zero-order valence-electron chi connectivity index (χ0n) is 22.1. The van der Waals surface area contributed by atoms with Crippen LogP contribution in [0.1, 0.15) is 63.0 Å². The number of carbonyl (C=O) groups is 2. The number of urea groups is 1. The van der Waals surface area contributed by atoms with Gasteiger partial charge in [-0.2, -0.15) is 0 Å². The zero-order chi connectivity index (χ0) is 26.3. The van der Waals surface area contributed by atoms with Crippen molar-refractivity contribution >= 4 is 12.0 Å². The van der Waals surface area contributed by atoms with Gasteiger partial charge in [-0.05, 0) is 48.9 Å². The van der Waals surface area contributed by atoms with Crippen LogP contribution in [0.5, 0.6) is 5.75 Å². The van der Waals surface area contributed by atoms with Crippen molar-refractivity contribution in [3.8, 4) is 5.75 Å². The van der Waals surface area contributed by atoms with Crippen molar-refractivity contribution in [3.63, 3.8) is 0 Å². The first-order valence-electron chi connectivity index (χ1n) is 13.7. The van der Waals surface area contributed by atoms with Crippen molar-refractivity contribution < 1.29 is 24.2 Å². The first-order valence-corrected chi connectivity index (χ1v) is 13.7. The van der Waals surface area contributed by atoms with Gasteiger partial charge in [-0.1, -0.05) is 74.6 Å². The van der Waals surface area contributed by atoms with E-state index in [1.807, 2.05) is 59.5 Å². The van der Waals surface area contributed by atoms with Gasteiger partial charge in [0, 0.05) is 26.1 Å². The summed E-state index contributed by atoms with van der Waals surface area (Å²) in [6, 6.07) is 17.3. The summed E-state index contributed by atoms with van der Waals surface area (Å²) < 4.78 is 11.2. The number of hydrogen-bond donors (Lipinski definition) is 2. The third-order valence-electron chi connectivity index (χ3n) is 6.96. The Hall–Kier alpha value is -3.06. The van der Waals surface area contributed by atoms with E-state index in [-0.39, 0.29) is 6.03 Å². The predicted octanol–water partition coefficient (Wildman–Crippen LogP) is 5.67. The molecule has 2 amide bonds. The highest BCUT2D eigenvalue weighted by atomic mass is 16.5. The molecule has 0 aliphatic heterocycles. The molecule has 1 saturated carbocycles. The van der Waals surface area contributed by atoms with Crippen molar-refractivity contribution in [3.05, 3.63) is 65.7 Å². The van der Waals surface area contributed by atoms with E-state index >= 15 is 0 Å². The number of carbonyl (C=O) groups excluding carboxylic acids is 1. The van der Waals surface area contributed by atoms with Crippen molar-refractivity contribution in [2.24, 2.45) is 5.92 Å². The second-order valence-electron chi connectivity index (χ2n) is 9.76. The Morgan fingerprint density at radius 2 is 1.73 bits per heavy atom. The minimum atomic E-state index is -0.962. The molecule has 202 valence electrons. The molecule has 7 heteroatoms. The molecule has 0 spiro atoms. The zero-order valence-corrected chi connectivity index (χ0v) is 22.1. The highest BCUT2D eigenvalue weighted by molar-refractivity contribution is 5.74. The monoisotopic (exact) mass is 510 g/mol. The maximum atomic E-state index is 13.0. The third-order valence-corrected chi connectivity index (χ3v) is 6.96. The molecule has 3 rings (SSSR count). The predicted molar refractivity (Wildman–Crippen MR) is 145 cm³/mol. The van der Waals surface area contributed by atoms with Crippen molar-refractivity contribution in [1.82, 2.24) is 10.2 Å². The van der Waals surface area contributed by atoms with Crippen LogP contribution in [-0.2, 0) is 22.5 Å². The summed E-state index contributed by atoms with van der Waals surface area (Å²) in [7, 11) is 0. The summed E-state index contributed by atoms with van der Waals surface area (Å²) >= 11 is 0. The van der Waals surface area contributed by atoms with Crippen LogP contribution in [0.3, 0.4) is 0 Å². The molecule has 1 aliphatic rings. The smallest absolute Gasteiger partial charge is 0.333 e. The van der Waals surface area contributed by atoms with Gasteiger partial charge >= 0.3 is 12.0 Å². The fraction of sp³-hybridized carbons (Fsp3) is 0.533. The second-order valence-corrected chi connectivity index (χ2v) is 9.76. The molecule has 1 aliphatic carbocycles. The van der Waals surface area contributed by atoms with Crippen LogP contribution in [-0.4, -0.2) is 54.4 Å². The van der Waals surface area contributed by atoms with Gasteiger partial charge in [-0.25, -0.2) is 9.59 Å². The average molecular weight is 511 g/mol. The van der Waals surface area contributed by atoms with Gasteiger partial charge < -0.3 is 24.8 Å². The number of carboxylic acids is 1. The summed E-state index contributed by atoms with van der Waals surface area (Å²) in [4.78, 5) is 26.2. The molecular weight excluding hydrogens is 468 g/mol. The molecule has 0 radical (unpaired) electrons. The first kappa shape index (κ1) is 28.5. The average Bonchev–Trinajstić information content (AvgIpc) is 2.92. The minimum Gasteiger partial charge on any atom is -0.492 e. The van der Waals surface area contributed by atoms with Crippen LogP contribution in [0.15, 0.2) is 54.6 Å². The largest absolute Gasteiger partial charge is 0.492 e. The highest BCUT2D eigenvalue weighted by Crippen LogP contribution is 2.27.